The Labute approximate surface area is 124 Å². The van der Waals surface area contributed by atoms with Crippen LogP contribution in [0.2, 0.25) is 0 Å². The number of imidazole rings is 1. The SMILES string of the molecule is CCCNC1C(=O)Nc2cc(-n3cnc(C)c3C)ccc21. The van der Waals surface area contributed by atoms with Crippen molar-refractivity contribution in [3.05, 3.63) is 41.5 Å². The lowest BCUT2D eigenvalue weighted by Crippen LogP contribution is -2.27. The van der Waals surface area contributed by atoms with E-state index in [0.29, 0.717) is 0 Å². The number of hydrogen-bond donors (Lipinski definition) is 2. The van der Waals surface area contributed by atoms with Crippen LogP contribution in [-0.4, -0.2) is 22.0 Å². The maximum absolute atomic E-state index is 12.1. The highest BCUT2D eigenvalue weighted by Gasteiger charge is 2.30. The van der Waals surface area contributed by atoms with Crippen LogP contribution in [0.5, 0.6) is 0 Å². The fourth-order valence-corrected chi connectivity index (χ4v) is 2.65. The average molecular weight is 284 g/mol. The number of carbonyl (C=O) groups is 1. The first-order valence-electron chi connectivity index (χ1n) is 7.31. The molecule has 1 unspecified atom stereocenters. The number of hydrogen-bond acceptors (Lipinski definition) is 3. The molecule has 1 amide bonds. The molecule has 1 aromatic heterocycles. The van der Waals surface area contributed by atoms with Gasteiger partial charge >= 0.3 is 0 Å². The lowest BCUT2D eigenvalue weighted by molar-refractivity contribution is -0.117. The van der Waals surface area contributed by atoms with Crippen LogP contribution in [0.25, 0.3) is 5.69 Å². The number of anilines is 1. The summed E-state index contributed by atoms with van der Waals surface area (Å²) < 4.78 is 2.04. The fourth-order valence-electron chi connectivity index (χ4n) is 2.65. The summed E-state index contributed by atoms with van der Waals surface area (Å²) in [4.78, 5) is 16.4. The Morgan fingerprint density at radius 3 is 2.86 bits per heavy atom. The topological polar surface area (TPSA) is 59.0 Å². The normalized spacial score (nSPS) is 16.9. The van der Waals surface area contributed by atoms with Crippen LogP contribution in [0.1, 0.15) is 36.3 Å². The van der Waals surface area contributed by atoms with Crippen molar-refractivity contribution in [2.45, 2.75) is 33.2 Å². The van der Waals surface area contributed by atoms with E-state index in [-0.39, 0.29) is 11.9 Å². The summed E-state index contributed by atoms with van der Waals surface area (Å²) in [5.74, 6) is 0.0223. The maximum atomic E-state index is 12.1. The molecule has 0 aliphatic carbocycles. The Bertz CT molecular complexity index is 690. The van der Waals surface area contributed by atoms with Gasteiger partial charge in [0.15, 0.2) is 0 Å². The van der Waals surface area contributed by atoms with Gasteiger partial charge in [-0.05, 0) is 38.9 Å². The molecule has 0 saturated carbocycles. The van der Waals surface area contributed by atoms with E-state index in [1.165, 1.54) is 0 Å². The van der Waals surface area contributed by atoms with Gasteiger partial charge in [-0.25, -0.2) is 4.98 Å². The molecular formula is C16H20N4O. The van der Waals surface area contributed by atoms with Gasteiger partial charge in [0, 0.05) is 22.6 Å². The Kier molecular flexibility index (Phi) is 3.51. The third-order valence-electron chi connectivity index (χ3n) is 4.00. The highest BCUT2D eigenvalue weighted by molar-refractivity contribution is 6.02. The first kappa shape index (κ1) is 13.8. The highest BCUT2D eigenvalue weighted by atomic mass is 16.2. The van der Waals surface area contributed by atoms with E-state index in [2.05, 4.69) is 22.5 Å². The average Bonchev–Trinajstić information content (AvgIpc) is 2.96. The van der Waals surface area contributed by atoms with Crippen LogP contribution in [0.15, 0.2) is 24.5 Å². The van der Waals surface area contributed by atoms with Gasteiger partial charge in [0.1, 0.15) is 6.04 Å². The predicted octanol–water partition coefficient (Wildman–Crippen LogP) is 2.48. The van der Waals surface area contributed by atoms with Crippen LogP contribution in [0, 0.1) is 13.8 Å². The van der Waals surface area contributed by atoms with Gasteiger partial charge in [0.2, 0.25) is 5.91 Å². The van der Waals surface area contributed by atoms with Gasteiger partial charge in [-0.2, -0.15) is 0 Å². The first-order chi connectivity index (χ1) is 10.1. The van der Waals surface area contributed by atoms with Crippen molar-refractivity contribution in [3.8, 4) is 5.69 Å². The van der Waals surface area contributed by atoms with E-state index in [9.17, 15) is 4.79 Å². The van der Waals surface area contributed by atoms with Crippen molar-refractivity contribution in [2.24, 2.45) is 0 Å². The monoisotopic (exact) mass is 284 g/mol. The Hall–Kier alpha value is -2.14. The van der Waals surface area contributed by atoms with Crippen LogP contribution in [0.4, 0.5) is 5.69 Å². The van der Waals surface area contributed by atoms with Gasteiger partial charge < -0.3 is 15.2 Å². The molecule has 110 valence electrons. The molecule has 3 rings (SSSR count). The van der Waals surface area contributed by atoms with Crippen LogP contribution in [-0.2, 0) is 4.79 Å². The Balaban J connectivity index is 1.95. The maximum Gasteiger partial charge on any atom is 0.246 e. The smallest absolute Gasteiger partial charge is 0.246 e. The molecule has 2 aromatic rings. The van der Waals surface area contributed by atoms with Gasteiger partial charge in [0.05, 0.1) is 12.0 Å². The predicted molar refractivity (Wildman–Crippen MR) is 82.7 cm³/mol. The van der Waals surface area contributed by atoms with E-state index < -0.39 is 0 Å². The van der Waals surface area contributed by atoms with E-state index in [4.69, 9.17) is 0 Å². The number of benzene rings is 1. The summed E-state index contributed by atoms with van der Waals surface area (Å²) in [6, 6.07) is 5.83. The second-order valence-electron chi connectivity index (χ2n) is 5.43. The molecule has 2 heterocycles. The first-order valence-corrected chi connectivity index (χ1v) is 7.31. The third kappa shape index (κ3) is 2.34. The molecular weight excluding hydrogens is 264 g/mol. The number of nitrogens with zero attached hydrogens (tertiary/aromatic N) is 2. The van der Waals surface area contributed by atoms with Gasteiger partial charge in [-0.15, -0.1) is 0 Å². The lowest BCUT2D eigenvalue weighted by atomic mass is 10.1. The molecule has 5 heteroatoms. The second-order valence-corrected chi connectivity index (χ2v) is 5.43. The third-order valence-corrected chi connectivity index (χ3v) is 4.00. The molecule has 21 heavy (non-hydrogen) atoms. The van der Waals surface area contributed by atoms with E-state index in [0.717, 1.165) is 41.3 Å². The highest BCUT2D eigenvalue weighted by Crippen LogP contribution is 2.32. The van der Waals surface area contributed by atoms with Crippen molar-refractivity contribution >= 4 is 11.6 Å². The number of nitrogens with one attached hydrogen (secondary N) is 2. The molecule has 0 bridgehead atoms. The van der Waals surface area contributed by atoms with Gasteiger partial charge in [-0.3, -0.25) is 4.79 Å². The van der Waals surface area contributed by atoms with Crippen molar-refractivity contribution in [1.29, 1.82) is 0 Å². The molecule has 1 aliphatic rings. The standard InChI is InChI=1S/C16H20N4O/c1-4-7-17-15-13-6-5-12(8-14(13)19-16(15)21)20-9-18-10(2)11(20)3/h5-6,8-9,15,17H,4,7H2,1-3H3,(H,19,21). The molecule has 1 atom stereocenters. The van der Waals surface area contributed by atoms with Crippen LogP contribution >= 0.6 is 0 Å². The van der Waals surface area contributed by atoms with E-state index in [1.807, 2.05) is 42.9 Å². The zero-order valence-electron chi connectivity index (χ0n) is 12.6. The summed E-state index contributed by atoms with van der Waals surface area (Å²) >= 11 is 0. The second kappa shape index (κ2) is 5.33. The summed E-state index contributed by atoms with van der Waals surface area (Å²) in [5, 5.41) is 6.24. The van der Waals surface area contributed by atoms with Crippen LogP contribution in [0.3, 0.4) is 0 Å². The molecule has 0 spiro atoms. The van der Waals surface area contributed by atoms with E-state index >= 15 is 0 Å². The summed E-state index contributed by atoms with van der Waals surface area (Å²) in [6.45, 7) is 6.96. The molecule has 0 radical (unpaired) electrons. The lowest BCUT2D eigenvalue weighted by Gasteiger charge is -2.11. The van der Waals surface area contributed by atoms with Crippen molar-refractivity contribution in [2.75, 3.05) is 11.9 Å². The molecule has 2 N–H and O–H groups in total. The van der Waals surface area contributed by atoms with Crippen molar-refractivity contribution in [3.63, 3.8) is 0 Å². The van der Waals surface area contributed by atoms with Crippen molar-refractivity contribution < 1.29 is 4.79 Å². The van der Waals surface area contributed by atoms with Gasteiger partial charge in [0.25, 0.3) is 0 Å². The summed E-state index contributed by atoms with van der Waals surface area (Å²) in [7, 11) is 0. The molecule has 1 aromatic carbocycles. The quantitative estimate of drug-likeness (QED) is 0.907. The number of rotatable bonds is 4. The van der Waals surface area contributed by atoms with Crippen LogP contribution < -0.4 is 10.6 Å². The Morgan fingerprint density at radius 2 is 2.19 bits per heavy atom. The number of carbonyl (C=O) groups excluding carboxylic acids is 1. The largest absolute Gasteiger partial charge is 0.324 e. The van der Waals surface area contributed by atoms with Gasteiger partial charge in [-0.1, -0.05) is 13.0 Å². The minimum atomic E-state index is -0.236. The molecule has 0 saturated heterocycles. The molecule has 5 nitrogen and oxygen atoms in total. The van der Waals surface area contributed by atoms with E-state index in [1.54, 1.807) is 0 Å². The minimum absolute atomic E-state index is 0.0223. The summed E-state index contributed by atoms with van der Waals surface area (Å²) in [6.07, 6.45) is 2.82. The number of aryl methyl sites for hydroxylation is 1. The summed E-state index contributed by atoms with van der Waals surface area (Å²) in [5.41, 5.74) is 5.05. The number of aromatic nitrogens is 2. The van der Waals surface area contributed by atoms with Crippen molar-refractivity contribution in [1.82, 2.24) is 14.9 Å². The number of fused-ring (bicyclic) bond motifs is 1. The minimum Gasteiger partial charge on any atom is -0.324 e. The molecule has 0 fully saturated rings. The Morgan fingerprint density at radius 1 is 1.38 bits per heavy atom. The fraction of sp³-hybridized carbons (Fsp3) is 0.375. The number of amides is 1. The molecule has 1 aliphatic heterocycles. The zero-order chi connectivity index (χ0) is 15.0. The zero-order valence-corrected chi connectivity index (χ0v) is 12.6.